The largest absolute Gasteiger partial charge is 0.390 e. The van der Waals surface area contributed by atoms with E-state index in [1.807, 2.05) is 19.2 Å². The third kappa shape index (κ3) is 4.15. The number of rotatable bonds is 6. The number of aromatic nitrogens is 2. The second-order valence-corrected chi connectivity index (χ2v) is 3.42. The van der Waals surface area contributed by atoms with Crippen LogP contribution in [0.15, 0.2) is 18.5 Å². The molecule has 82 valence electrons. The summed E-state index contributed by atoms with van der Waals surface area (Å²) in [7, 11) is 0. The Morgan fingerprint density at radius 1 is 1.67 bits per heavy atom. The fourth-order valence-corrected chi connectivity index (χ4v) is 1.29. The SMILES string of the molecule is C#CC(CC)NCC(O)Cn1cccn1. The Morgan fingerprint density at radius 2 is 2.47 bits per heavy atom. The Bertz CT molecular complexity index is 302. The highest BCUT2D eigenvalue weighted by Gasteiger charge is 2.07. The maximum absolute atomic E-state index is 9.67. The van der Waals surface area contributed by atoms with Crippen LogP contribution >= 0.6 is 0 Å². The van der Waals surface area contributed by atoms with Crippen molar-refractivity contribution in [2.75, 3.05) is 6.54 Å². The van der Waals surface area contributed by atoms with E-state index < -0.39 is 6.10 Å². The van der Waals surface area contributed by atoms with Gasteiger partial charge in [-0.25, -0.2) is 0 Å². The summed E-state index contributed by atoms with van der Waals surface area (Å²) in [5.41, 5.74) is 0. The van der Waals surface area contributed by atoms with Gasteiger partial charge >= 0.3 is 0 Å². The Hall–Kier alpha value is -1.31. The summed E-state index contributed by atoms with van der Waals surface area (Å²) in [4.78, 5) is 0. The summed E-state index contributed by atoms with van der Waals surface area (Å²) >= 11 is 0. The van der Waals surface area contributed by atoms with Gasteiger partial charge in [0.2, 0.25) is 0 Å². The van der Waals surface area contributed by atoms with Gasteiger partial charge in [0.05, 0.1) is 18.7 Å². The number of hydrogen-bond acceptors (Lipinski definition) is 3. The van der Waals surface area contributed by atoms with Gasteiger partial charge < -0.3 is 10.4 Å². The third-order valence-electron chi connectivity index (χ3n) is 2.17. The minimum absolute atomic E-state index is 0.0391. The Balaban J connectivity index is 2.25. The average Bonchev–Trinajstić information content (AvgIpc) is 2.72. The zero-order valence-electron chi connectivity index (χ0n) is 8.93. The number of terminal acetylenes is 1. The Labute approximate surface area is 90.3 Å². The Morgan fingerprint density at radius 3 is 3.00 bits per heavy atom. The first-order valence-electron chi connectivity index (χ1n) is 5.11. The summed E-state index contributed by atoms with van der Waals surface area (Å²) in [5.74, 6) is 2.62. The molecule has 2 unspecified atom stereocenters. The van der Waals surface area contributed by atoms with Crippen molar-refractivity contribution in [3.05, 3.63) is 18.5 Å². The average molecular weight is 207 g/mol. The number of nitrogens with zero attached hydrogens (tertiary/aromatic N) is 2. The highest BCUT2D eigenvalue weighted by molar-refractivity contribution is 4.98. The van der Waals surface area contributed by atoms with E-state index in [-0.39, 0.29) is 6.04 Å². The molecule has 0 aromatic carbocycles. The second kappa shape index (κ2) is 6.23. The minimum Gasteiger partial charge on any atom is -0.390 e. The van der Waals surface area contributed by atoms with Crippen LogP contribution in [-0.4, -0.2) is 33.6 Å². The van der Waals surface area contributed by atoms with Crippen molar-refractivity contribution in [2.24, 2.45) is 0 Å². The smallest absolute Gasteiger partial charge is 0.0860 e. The second-order valence-electron chi connectivity index (χ2n) is 3.42. The van der Waals surface area contributed by atoms with Crippen LogP contribution in [0, 0.1) is 12.3 Å². The lowest BCUT2D eigenvalue weighted by atomic mass is 10.2. The molecule has 1 rings (SSSR count). The maximum Gasteiger partial charge on any atom is 0.0860 e. The molecule has 1 aromatic rings. The molecule has 0 fully saturated rings. The van der Waals surface area contributed by atoms with Gasteiger partial charge in [0.15, 0.2) is 0 Å². The molecule has 1 aromatic heterocycles. The van der Waals surface area contributed by atoms with Crippen LogP contribution < -0.4 is 5.32 Å². The van der Waals surface area contributed by atoms with Gasteiger partial charge in [-0.2, -0.15) is 5.10 Å². The van der Waals surface area contributed by atoms with Gasteiger partial charge in [0, 0.05) is 18.9 Å². The molecular weight excluding hydrogens is 190 g/mol. The molecular formula is C11H17N3O. The van der Waals surface area contributed by atoms with E-state index in [0.29, 0.717) is 13.1 Å². The first-order valence-corrected chi connectivity index (χ1v) is 5.11. The topological polar surface area (TPSA) is 50.1 Å². The van der Waals surface area contributed by atoms with Crippen LogP contribution in [0.25, 0.3) is 0 Å². The normalized spacial score (nSPS) is 14.5. The molecule has 0 aliphatic carbocycles. The quantitative estimate of drug-likeness (QED) is 0.657. The first-order chi connectivity index (χ1) is 7.26. The van der Waals surface area contributed by atoms with E-state index in [1.54, 1.807) is 10.9 Å². The van der Waals surface area contributed by atoms with Gasteiger partial charge in [-0.3, -0.25) is 4.68 Å². The first kappa shape index (κ1) is 11.8. The molecule has 0 bridgehead atoms. The lowest BCUT2D eigenvalue weighted by Crippen LogP contribution is -2.36. The zero-order chi connectivity index (χ0) is 11.1. The van der Waals surface area contributed by atoms with Crippen LogP contribution in [-0.2, 0) is 6.54 Å². The summed E-state index contributed by atoms with van der Waals surface area (Å²) in [6, 6.07) is 1.87. The number of aliphatic hydroxyl groups excluding tert-OH is 1. The molecule has 0 spiro atoms. The monoisotopic (exact) mass is 207 g/mol. The van der Waals surface area contributed by atoms with Gasteiger partial charge in [-0.15, -0.1) is 6.42 Å². The number of nitrogens with one attached hydrogen (secondary N) is 1. The van der Waals surface area contributed by atoms with Crippen molar-refractivity contribution in [1.29, 1.82) is 0 Å². The maximum atomic E-state index is 9.67. The molecule has 15 heavy (non-hydrogen) atoms. The number of hydrogen-bond donors (Lipinski definition) is 2. The van der Waals surface area contributed by atoms with Gasteiger partial charge in [0.1, 0.15) is 0 Å². The van der Waals surface area contributed by atoms with E-state index in [1.165, 1.54) is 0 Å². The molecule has 2 atom stereocenters. The van der Waals surface area contributed by atoms with E-state index in [0.717, 1.165) is 6.42 Å². The van der Waals surface area contributed by atoms with Crippen LogP contribution in [0.5, 0.6) is 0 Å². The standard InChI is InChI=1S/C11H17N3O/c1-3-10(4-2)12-8-11(15)9-14-7-5-6-13-14/h1,5-7,10-12,15H,4,8-9H2,2H3. The van der Waals surface area contributed by atoms with Gasteiger partial charge in [-0.05, 0) is 12.5 Å². The van der Waals surface area contributed by atoms with E-state index in [9.17, 15) is 5.11 Å². The van der Waals surface area contributed by atoms with Crippen LogP contribution in [0.1, 0.15) is 13.3 Å². The molecule has 0 saturated heterocycles. The van der Waals surface area contributed by atoms with Crippen molar-refractivity contribution in [2.45, 2.75) is 32.0 Å². The van der Waals surface area contributed by atoms with E-state index >= 15 is 0 Å². The minimum atomic E-state index is -0.465. The van der Waals surface area contributed by atoms with Crippen LogP contribution in [0.3, 0.4) is 0 Å². The van der Waals surface area contributed by atoms with Crippen molar-refractivity contribution >= 4 is 0 Å². The Kier molecular flexibility index (Phi) is 4.88. The lowest BCUT2D eigenvalue weighted by Gasteiger charge is -2.15. The van der Waals surface area contributed by atoms with Crippen molar-refractivity contribution in [3.8, 4) is 12.3 Å². The number of aliphatic hydroxyl groups is 1. The van der Waals surface area contributed by atoms with Gasteiger partial charge in [-0.1, -0.05) is 12.8 Å². The summed E-state index contributed by atoms with van der Waals surface area (Å²) in [6.07, 6.45) is 9.21. The van der Waals surface area contributed by atoms with Crippen molar-refractivity contribution < 1.29 is 5.11 Å². The predicted molar refractivity (Wildman–Crippen MR) is 59.1 cm³/mol. The predicted octanol–water partition coefficient (Wildman–Crippen LogP) is 0.245. The van der Waals surface area contributed by atoms with E-state index in [2.05, 4.69) is 16.3 Å². The van der Waals surface area contributed by atoms with Gasteiger partial charge in [0.25, 0.3) is 0 Å². The lowest BCUT2D eigenvalue weighted by molar-refractivity contribution is 0.145. The molecule has 0 saturated carbocycles. The molecule has 0 aliphatic heterocycles. The molecule has 0 amide bonds. The molecule has 1 heterocycles. The van der Waals surface area contributed by atoms with E-state index in [4.69, 9.17) is 6.42 Å². The summed E-state index contributed by atoms with van der Waals surface area (Å²) in [5, 5.41) is 16.8. The molecule has 0 aliphatic rings. The molecule has 4 nitrogen and oxygen atoms in total. The zero-order valence-corrected chi connectivity index (χ0v) is 8.93. The summed E-state index contributed by atoms with van der Waals surface area (Å²) < 4.78 is 1.70. The highest BCUT2D eigenvalue weighted by atomic mass is 16.3. The van der Waals surface area contributed by atoms with Crippen LogP contribution in [0.2, 0.25) is 0 Å². The fourth-order valence-electron chi connectivity index (χ4n) is 1.29. The molecule has 0 radical (unpaired) electrons. The molecule has 4 heteroatoms. The fraction of sp³-hybridized carbons (Fsp3) is 0.545. The van der Waals surface area contributed by atoms with Crippen molar-refractivity contribution in [3.63, 3.8) is 0 Å². The molecule has 2 N–H and O–H groups in total. The summed E-state index contributed by atoms with van der Waals surface area (Å²) in [6.45, 7) is 2.99. The van der Waals surface area contributed by atoms with Crippen LogP contribution in [0.4, 0.5) is 0 Å². The third-order valence-corrected chi connectivity index (χ3v) is 2.17. The highest BCUT2D eigenvalue weighted by Crippen LogP contribution is 1.92. The van der Waals surface area contributed by atoms with Crippen molar-refractivity contribution in [1.82, 2.24) is 15.1 Å².